The van der Waals surface area contributed by atoms with Crippen LogP contribution in [-0.4, -0.2) is 70.7 Å². The molecule has 190 valence electrons. The maximum absolute atomic E-state index is 13.2. The number of alkyl halides is 3. The Balaban J connectivity index is 1.78. The lowest BCUT2D eigenvalue weighted by Crippen LogP contribution is -2.53. The van der Waals surface area contributed by atoms with Crippen LogP contribution in [-0.2, 0) is 6.54 Å². The van der Waals surface area contributed by atoms with Gasteiger partial charge >= 0.3 is 12.2 Å². The van der Waals surface area contributed by atoms with Gasteiger partial charge in [-0.15, -0.1) is 0 Å². The number of anilines is 1. The fourth-order valence-electron chi connectivity index (χ4n) is 3.22. The standard InChI is InChI=1S/C23H26ClF3N4O4/c1-15(23(25,26)27)35-20-8-6-19(7-9-20)29-21-28-14-30(10-17(12-32)13-33)22(34)31(21)11-16-2-4-18(24)5-3-16/h2-9,15,17,32-33H,10-14H2,1H3,(H,28,29)/t15-/m1/s1. The summed E-state index contributed by atoms with van der Waals surface area (Å²) in [6.07, 6.45) is -6.43. The lowest BCUT2D eigenvalue weighted by Gasteiger charge is -2.36. The lowest BCUT2D eigenvalue weighted by molar-refractivity contribution is -0.189. The molecule has 3 N–H and O–H groups in total. The van der Waals surface area contributed by atoms with Crippen molar-refractivity contribution in [1.82, 2.24) is 9.80 Å². The molecule has 2 amide bonds. The van der Waals surface area contributed by atoms with Crippen LogP contribution in [0.4, 0.5) is 23.7 Å². The number of carbonyl (C=O) groups excluding carboxylic acids is 1. The topological polar surface area (TPSA) is 97.6 Å². The lowest BCUT2D eigenvalue weighted by atomic mass is 10.1. The van der Waals surface area contributed by atoms with Crippen molar-refractivity contribution < 1.29 is 32.9 Å². The molecule has 0 aromatic heterocycles. The minimum atomic E-state index is -4.48. The molecule has 1 heterocycles. The number of guanidine groups is 1. The van der Waals surface area contributed by atoms with Crippen molar-refractivity contribution in [3.05, 3.63) is 59.1 Å². The molecule has 35 heavy (non-hydrogen) atoms. The second kappa shape index (κ2) is 11.6. The second-order valence-corrected chi connectivity index (χ2v) is 8.46. The van der Waals surface area contributed by atoms with Crippen molar-refractivity contribution in [2.75, 3.05) is 31.7 Å². The third-order valence-electron chi connectivity index (χ3n) is 5.28. The van der Waals surface area contributed by atoms with Gasteiger partial charge in [-0.25, -0.2) is 9.79 Å². The Hall–Kier alpha value is -3.02. The number of nitrogens with zero attached hydrogens (tertiary/aromatic N) is 3. The van der Waals surface area contributed by atoms with Crippen LogP contribution in [0.1, 0.15) is 12.5 Å². The summed E-state index contributed by atoms with van der Waals surface area (Å²) in [7, 11) is 0. The van der Waals surface area contributed by atoms with Crippen LogP contribution >= 0.6 is 11.6 Å². The zero-order chi connectivity index (χ0) is 25.6. The third kappa shape index (κ3) is 7.23. The number of ether oxygens (including phenoxy) is 1. The molecule has 0 aliphatic carbocycles. The van der Waals surface area contributed by atoms with E-state index < -0.39 is 18.2 Å². The Bertz CT molecular complexity index is 1010. The van der Waals surface area contributed by atoms with Crippen LogP contribution in [0.25, 0.3) is 0 Å². The SMILES string of the molecule is C[C@@H](Oc1ccc(NC2=NCN(CC(CO)CO)C(=O)N2Cc2ccc(Cl)cc2)cc1)C(F)(F)F. The van der Waals surface area contributed by atoms with Gasteiger partial charge in [-0.3, -0.25) is 4.90 Å². The number of amides is 2. The van der Waals surface area contributed by atoms with Gasteiger partial charge in [0.25, 0.3) is 0 Å². The molecule has 1 aliphatic heterocycles. The minimum Gasteiger partial charge on any atom is -0.481 e. The number of aliphatic hydroxyl groups excluding tert-OH is 2. The van der Waals surface area contributed by atoms with Crippen LogP contribution in [0.2, 0.25) is 5.02 Å². The molecule has 0 saturated carbocycles. The van der Waals surface area contributed by atoms with Crippen molar-refractivity contribution in [3.63, 3.8) is 0 Å². The number of carbonyl (C=O) groups is 1. The number of aliphatic hydroxyl groups is 2. The van der Waals surface area contributed by atoms with Crippen LogP contribution in [0.15, 0.2) is 53.5 Å². The molecule has 0 fully saturated rings. The molecule has 1 atom stereocenters. The van der Waals surface area contributed by atoms with Gasteiger partial charge in [-0.1, -0.05) is 23.7 Å². The van der Waals surface area contributed by atoms with E-state index in [2.05, 4.69) is 10.3 Å². The van der Waals surface area contributed by atoms with Crippen molar-refractivity contribution in [2.24, 2.45) is 10.9 Å². The van der Waals surface area contributed by atoms with E-state index in [1.54, 1.807) is 24.3 Å². The molecule has 0 saturated heterocycles. The zero-order valence-corrected chi connectivity index (χ0v) is 19.6. The van der Waals surface area contributed by atoms with Gasteiger partial charge in [0.15, 0.2) is 6.10 Å². The van der Waals surface area contributed by atoms with Gasteiger partial charge in [-0.2, -0.15) is 13.2 Å². The first-order chi connectivity index (χ1) is 16.6. The first-order valence-electron chi connectivity index (χ1n) is 10.8. The number of aliphatic imine (C=N–C) groups is 1. The first kappa shape index (κ1) is 26.6. The minimum absolute atomic E-state index is 0.000916. The Morgan fingerprint density at radius 2 is 1.74 bits per heavy atom. The van der Waals surface area contributed by atoms with E-state index in [1.807, 2.05) is 0 Å². The molecule has 0 spiro atoms. The highest BCUT2D eigenvalue weighted by Crippen LogP contribution is 2.26. The summed E-state index contributed by atoms with van der Waals surface area (Å²) in [5.41, 5.74) is 1.27. The van der Waals surface area contributed by atoms with E-state index >= 15 is 0 Å². The van der Waals surface area contributed by atoms with Crippen LogP contribution in [0.3, 0.4) is 0 Å². The maximum atomic E-state index is 13.2. The van der Waals surface area contributed by atoms with Crippen molar-refractivity contribution >= 4 is 29.3 Å². The van der Waals surface area contributed by atoms with Crippen LogP contribution < -0.4 is 10.1 Å². The number of urea groups is 1. The summed E-state index contributed by atoms with van der Waals surface area (Å²) in [5.74, 6) is -0.221. The molecular weight excluding hydrogens is 489 g/mol. The van der Waals surface area contributed by atoms with Crippen molar-refractivity contribution in [3.8, 4) is 5.75 Å². The van der Waals surface area contributed by atoms with Crippen molar-refractivity contribution in [1.29, 1.82) is 0 Å². The Morgan fingerprint density at radius 3 is 2.31 bits per heavy atom. The van der Waals surface area contributed by atoms with Gasteiger partial charge in [0, 0.05) is 36.4 Å². The van der Waals surface area contributed by atoms with Gasteiger partial charge in [0.1, 0.15) is 12.4 Å². The quantitative estimate of drug-likeness (QED) is 0.471. The summed E-state index contributed by atoms with van der Waals surface area (Å²) in [5, 5.41) is 22.4. The Morgan fingerprint density at radius 1 is 1.11 bits per heavy atom. The average Bonchev–Trinajstić information content (AvgIpc) is 2.82. The summed E-state index contributed by atoms with van der Waals surface area (Å²) in [4.78, 5) is 20.5. The molecule has 0 radical (unpaired) electrons. The zero-order valence-electron chi connectivity index (χ0n) is 18.9. The predicted molar refractivity (Wildman–Crippen MR) is 125 cm³/mol. The molecular formula is C23H26ClF3N4O4. The largest absolute Gasteiger partial charge is 0.481 e. The first-order valence-corrected chi connectivity index (χ1v) is 11.2. The van der Waals surface area contributed by atoms with E-state index in [9.17, 15) is 28.2 Å². The van der Waals surface area contributed by atoms with E-state index in [0.717, 1.165) is 12.5 Å². The Kier molecular flexibility index (Phi) is 8.82. The summed E-state index contributed by atoms with van der Waals surface area (Å²) in [6, 6.07) is 12.4. The van der Waals surface area contributed by atoms with Gasteiger partial charge < -0.3 is 25.2 Å². The van der Waals surface area contributed by atoms with Crippen molar-refractivity contribution in [2.45, 2.75) is 25.7 Å². The fourth-order valence-corrected chi connectivity index (χ4v) is 3.34. The molecule has 2 aromatic rings. The van der Waals surface area contributed by atoms with E-state index in [4.69, 9.17) is 16.3 Å². The van der Waals surface area contributed by atoms with E-state index in [-0.39, 0.29) is 50.7 Å². The second-order valence-electron chi connectivity index (χ2n) is 8.02. The molecule has 8 nitrogen and oxygen atoms in total. The molecule has 0 bridgehead atoms. The monoisotopic (exact) mass is 514 g/mol. The highest BCUT2D eigenvalue weighted by atomic mass is 35.5. The number of nitrogens with one attached hydrogen (secondary N) is 1. The Labute approximate surface area is 205 Å². The van der Waals surface area contributed by atoms with Gasteiger partial charge in [0.2, 0.25) is 5.96 Å². The number of rotatable bonds is 9. The fraction of sp³-hybridized carbons (Fsp3) is 0.391. The summed E-state index contributed by atoms with van der Waals surface area (Å²) in [6.45, 7) is 0.627. The van der Waals surface area contributed by atoms with Crippen LogP contribution in [0, 0.1) is 5.92 Å². The molecule has 1 aliphatic rings. The summed E-state index contributed by atoms with van der Waals surface area (Å²) >= 11 is 5.96. The summed E-state index contributed by atoms with van der Waals surface area (Å²) < 4.78 is 43.1. The molecule has 2 aromatic carbocycles. The molecule has 12 heteroatoms. The molecule has 0 unspecified atom stereocenters. The van der Waals surface area contributed by atoms with Crippen LogP contribution in [0.5, 0.6) is 5.75 Å². The smallest absolute Gasteiger partial charge is 0.425 e. The molecule has 3 rings (SSSR count). The predicted octanol–water partition coefficient (Wildman–Crippen LogP) is 3.93. The number of halogens is 4. The van der Waals surface area contributed by atoms with E-state index in [1.165, 1.54) is 34.1 Å². The highest BCUT2D eigenvalue weighted by molar-refractivity contribution is 6.30. The van der Waals surface area contributed by atoms with Gasteiger partial charge in [0.05, 0.1) is 6.54 Å². The average molecular weight is 515 g/mol. The number of hydrogen-bond donors (Lipinski definition) is 3. The third-order valence-corrected chi connectivity index (χ3v) is 5.53. The normalized spacial score (nSPS) is 15.3. The van der Waals surface area contributed by atoms with Gasteiger partial charge in [-0.05, 0) is 48.9 Å². The number of benzene rings is 2. The van der Waals surface area contributed by atoms with E-state index in [0.29, 0.717) is 10.7 Å². The maximum Gasteiger partial charge on any atom is 0.425 e. The number of hydrogen-bond acceptors (Lipinski definition) is 6. The highest BCUT2D eigenvalue weighted by Gasteiger charge is 2.38.